The van der Waals surface area contributed by atoms with Crippen LogP contribution in [-0.4, -0.2) is 59.0 Å². The first-order chi connectivity index (χ1) is 11.6. The highest BCUT2D eigenvalue weighted by molar-refractivity contribution is 5.90. The van der Waals surface area contributed by atoms with E-state index in [4.69, 9.17) is 15.2 Å². The average Bonchev–Trinajstić information content (AvgIpc) is 3.30. The molecule has 0 bridgehead atoms. The third-order valence-corrected chi connectivity index (χ3v) is 5.45. The van der Waals surface area contributed by atoms with E-state index in [1.165, 1.54) is 12.8 Å². The van der Waals surface area contributed by atoms with Crippen molar-refractivity contribution in [1.82, 2.24) is 14.7 Å². The van der Waals surface area contributed by atoms with E-state index in [0.717, 1.165) is 57.3 Å². The van der Waals surface area contributed by atoms with Crippen LogP contribution in [0.1, 0.15) is 41.9 Å². The second-order valence-corrected chi connectivity index (χ2v) is 7.37. The molecule has 4 rings (SSSR count). The third kappa shape index (κ3) is 3.48. The second kappa shape index (κ2) is 6.46. The lowest BCUT2D eigenvalue weighted by Gasteiger charge is -2.43. The molecule has 0 radical (unpaired) electrons. The molecule has 1 aromatic rings. The van der Waals surface area contributed by atoms with Gasteiger partial charge in [0.05, 0.1) is 31.1 Å². The fraction of sp³-hybridized carbons (Fsp3) is 0.765. The molecule has 3 aliphatic rings. The van der Waals surface area contributed by atoms with E-state index < -0.39 is 5.91 Å². The largest absolute Gasteiger partial charge is 0.380 e. The van der Waals surface area contributed by atoms with Crippen molar-refractivity contribution in [3.8, 4) is 0 Å². The fourth-order valence-electron chi connectivity index (χ4n) is 3.59. The quantitative estimate of drug-likeness (QED) is 0.777. The standard InChI is InChI=1S/C17H26N4O3/c18-16(22)15-9-14-11-24-17(12-21(14)19-15)3-5-20(6-4-17)7-8-23-10-13-1-2-13/h9,13H,1-8,10-12H2,(H2,18,22). The van der Waals surface area contributed by atoms with Crippen molar-refractivity contribution in [2.45, 2.75) is 44.4 Å². The summed E-state index contributed by atoms with van der Waals surface area (Å²) in [6, 6.07) is 1.74. The molecule has 2 aliphatic heterocycles. The Kier molecular flexibility index (Phi) is 4.32. The minimum absolute atomic E-state index is 0.153. The maximum absolute atomic E-state index is 11.3. The summed E-state index contributed by atoms with van der Waals surface area (Å²) in [4.78, 5) is 13.7. The van der Waals surface area contributed by atoms with Gasteiger partial charge in [-0.15, -0.1) is 0 Å². The molecular formula is C17H26N4O3. The van der Waals surface area contributed by atoms with Crippen molar-refractivity contribution >= 4 is 5.91 Å². The predicted octanol–water partition coefficient (Wildman–Crippen LogP) is 0.773. The Morgan fingerprint density at radius 1 is 1.42 bits per heavy atom. The molecule has 1 saturated carbocycles. The highest BCUT2D eigenvalue weighted by atomic mass is 16.5. The summed E-state index contributed by atoms with van der Waals surface area (Å²) in [5.74, 6) is 0.353. The SMILES string of the molecule is NC(=O)c1cc2n(n1)CC1(CCN(CCOCC3CC3)CC1)OC2. The Morgan fingerprint density at radius 2 is 2.21 bits per heavy atom. The number of piperidine rings is 1. The minimum atomic E-state index is -0.480. The molecular weight excluding hydrogens is 308 g/mol. The zero-order valence-corrected chi connectivity index (χ0v) is 14.1. The van der Waals surface area contributed by atoms with Crippen molar-refractivity contribution in [2.75, 3.05) is 32.8 Å². The number of nitrogens with zero attached hydrogens (tertiary/aromatic N) is 3. The summed E-state index contributed by atoms with van der Waals surface area (Å²) in [6.45, 7) is 6.02. The molecule has 2 fully saturated rings. The number of hydrogen-bond acceptors (Lipinski definition) is 5. The van der Waals surface area contributed by atoms with Crippen LogP contribution >= 0.6 is 0 Å². The van der Waals surface area contributed by atoms with Crippen LogP contribution in [0, 0.1) is 5.92 Å². The number of primary amides is 1. The highest BCUT2D eigenvalue weighted by Gasteiger charge is 2.39. The first kappa shape index (κ1) is 16.1. The molecule has 3 heterocycles. The molecule has 1 aromatic heterocycles. The molecule has 0 atom stereocenters. The number of nitrogens with two attached hydrogens (primary N) is 1. The van der Waals surface area contributed by atoms with E-state index in [1.807, 2.05) is 4.68 Å². The van der Waals surface area contributed by atoms with Crippen LogP contribution in [0.4, 0.5) is 0 Å². The molecule has 1 spiro atoms. The number of amides is 1. The number of aromatic nitrogens is 2. The Hall–Kier alpha value is -1.44. The Morgan fingerprint density at radius 3 is 2.92 bits per heavy atom. The number of hydrogen-bond donors (Lipinski definition) is 1. The van der Waals surface area contributed by atoms with Gasteiger partial charge in [0.2, 0.25) is 0 Å². The molecule has 132 valence electrons. The van der Waals surface area contributed by atoms with Gasteiger partial charge in [0.25, 0.3) is 5.91 Å². The lowest BCUT2D eigenvalue weighted by Crippen LogP contribution is -2.51. The van der Waals surface area contributed by atoms with Crippen molar-refractivity contribution in [3.05, 3.63) is 17.5 Å². The first-order valence-electron chi connectivity index (χ1n) is 8.94. The van der Waals surface area contributed by atoms with Crippen molar-refractivity contribution in [3.63, 3.8) is 0 Å². The normalized spacial score (nSPS) is 23.3. The van der Waals surface area contributed by atoms with E-state index in [1.54, 1.807) is 6.07 Å². The molecule has 7 nitrogen and oxygen atoms in total. The van der Waals surface area contributed by atoms with E-state index >= 15 is 0 Å². The Balaban J connectivity index is 1.27. The lowest BCUT2D eigenvalue weighted by molar-refractivity contribution is -0.124. The second-order valence-electron chi connectivity index (χ2n) is 7.37. The molecule has 24 heavy (non-hydrogen) atoms. The first-order valence-corrected chi connectivity index (χ1v) is 8.94. The molecule has 1 aliphatic carbocycles. The topological polar surface area (TPSA) is 82.6 Å². The lowest BCUT2D eigenvalue weighted by atomic mass is 9.90. The number of carbonyl (C=O) groups is 1. The van der Waals surface area contributed by atoms with E-state index in [9.17, 15) is 4.79 Å². The van der Waals surface area contributed by atoms with Gasteiger partial charge in [-0.2, -0.15) is 5.10 Å². The van der Waals surface area contributed by atoms with Gasteiger partial charge >= 0.3 is 0 Å². The number of likely N-dealkylation sites (tertiary alicyclic amines) is 1. The molecule has 2 N–H and O–H groups in total. The minimum Gasteiger partial charge on any atom is -0.380 e. The van der Waals surface area contributed by atoms with E-state index in [-0.39, 0.29) is 5.60 Å². The Labute approximate surface area is 142 Å². The van der Waals surface area contributed by atoms with Crippen LogP contribution < -0.4 is 5.73 Å². The molecule has 7 heteroatoms. The molecule has 1 amide bonds. The number of rotatable bonds is 6. The average molecular weight is 334 g/mol. The zero-order valence-electron chi connectivity index (χ0n) is 14.1. The molecule has 0 aromatic carbocycles. The summed E-state index contributed by atoms with van der Waals surface area (Å²) in [6.07, 6.45) is 4.66. The van der Waals surface area contributed by atoms with Crippen LogP contribution in [0.5, 0.6) is 0 Å². The Bertz CT molecular complexity index is 603. The number of ether oxygens (including phenoxy) is 2. The summed E-state index contributed by atoms with van der Waals surface area (Å²) >= 11 is 0. The van der Waals surface area contributed by atoms with Gasteiger partial charge in [-0.3, -0.25) is 9.48 Å². The number of carbonyl (C=O) groups excluding carboxylic acids is 1. The van der Waals surface area contributed by atoms with E-state index in [0.29, 0.717) is 18.8 Å². The van der Waals surface area contributed by atoms with Crippen LogP contribution in [0.15, 0.2) is 6.07 Å². The van der Waals surface area contributed by atoms with Gasteiger partial charge in [-0.25, -0.2) is 0 Å². The summed E-state index contributed by atoms with van der Waals surface area (Å²) in [5, 5.41) is 4.33. The maximum Gasteiger partial charge on any atom is 0.269 e. The summed E-state index contributed by atoms with van der Waals surface area (Å²) < 4.78 is 13.8. The summed E-state index contributed by atoms with van der Waals surface area (Å²) in [5.41, 5.74) is 6.43. The van der Waals surface area contributed by atoms with Gasteiger partial charge in [0.15, 0.2) is 0 Å². The fourth-order valence-corrected chi connectivity index (χ4v) is 3.59. The monoisotopic (exact) mass is 334 g/mol. The van der Waals surface area contributed by atoms with Crippen molar-refractivity contribution in [2.24, 2.45) is 11.7 Å². The number of fused-ring (bicyclic) bond motifs is 1. The van der Waals surface area contributed by atoms with Crippen LogP contribution in [0.3, 0.4) is 0 Å². The van der Waals surface area contributed by atoms with Crippen LogP contribution in [-0.2, 0) is 22.6 Å². The molecule has 0 unspecified atom stereocenters. The maximum atomic E-state index is 11.3. The van der Waals surface area contributed by atoms with Gasteiger partial charge in [-0.1, -0.05) is 0 Å². The highest BCUT2D eigenvalue weighted by Crippen LogP contribution is 2.33. The van der Waals surface area contributed by atoms with Gasteiger partial charge in [-0.05, 0) is 37.7 Å². The van der Waals surface area contributed by atoms with Gasteiger partial charge in [0, 0.05) is 26.2 Å². The summed E-state index contributed by atoms with van der Waals surface area (Å²) in [7, 11) is 0. The van der Waals surface area contributed by atoms with Crippen molar-refractivity contribution < 1.29 is 14.3 Å². The van der Waals surface area contributed by atoms with Crippen molar-refractivity contribution in [1.29, 1.82) is 0 Å². The van der Waals surface area contributed by atoms with Gasteiger partial charge in [0.1, 0.15) is 5.69 Å². The van der Waals surface area contributed by atoms with Gasteiger partial charge < -0.3 is 20.1 Å². The van der Waals surface area contributed by atoms with Crippen LogP contribution in [0.2, 0.25) is 0 Å². The third-order valence-electron chi connectivity index (χ3n) is 5.45. The predicted molar refractivity (Wildman–Crippen MR) is 87.5 cm³/mol. The van der Waals surface area contributed by atoms with E-state index in [2.05, 4.69) is 10.00 Å². The molecule has 1 saturated heterocycles. The smallest absolute Gasteiger partial charge is 0.269 e. The zero-order chi connectivity index (χ0) is 16.6. The van der Waals surface area contributed by atoms with Crippen LogP contribution in [0.25, 0.3) is 0 Å².